The Balaban J connectivity index is 1.29. The lowest BCUT2D eigenvalue weighted by Crippen LogP contribution is -2.23. The van der Waals surface area contributed by atoms with Gasteiger partial charge < -0.3 is 23.8 Å². The number of amides is 1. The van der Waals surface area contributed by atoms with Gasteiger partial charge in [-0.3, -0.25) is 9.36 Å². The summed E-state index contributed by atoms with van der Waals surface area (Å²) in [4.78, 5) is 31.7. The molecule has 2 aromatic carbocycles. The zero-order valence-electron chi connectivity index (χ0n) is 19.5. The Bertz CT molecular complexity index is 1530. The van der Waals surface area contributed by atoms with Crippen molar-refractivity contribution >= 4 is 28.3 Å². The molecule has 1 amide bonds. The summed E-state index contributed by atoms with van der Waals surface area (Å²) in [6, 6.07) is 17.9. The van der Waals surface area contributed by atoms with Crippen LogP contribution >= 0.6 is 0 Å². The number of benzene rings is 2. The van der Waals surface area contributed by atoms with Crippen molar-refractivity contribution < 1.29 is 13.9 Å². The van der Waals surface area contributed by atoms with Crippen LogP contribution in [0.4, 0.5) is 5.69 Å². The Morgan fingerprint density at radius 1 is 1.11 bits per heavy atom. The maximum Gasteiger partial charge on any atom is 0.419 e. The molecule has 9 heteroatoms. The molecule has 0 fully saturated rings. The van der Waals surface area contributed by atoms with Crippen molar-refractivity contribution in [2.45, 2.75) is 13.2 Å². The van der Waals surface area contributed by atoms with E-state index in [1.807, 2.05) is 54.0 Å². The molecule has 5 rings (SSSR count). The van der Waals surface area contributed by atoms with Gasteiger partial charge in [0, 0.05) is 36.7 Å². The van der Waals surface area contributed by atoms with Crippen molar-refractivity contribution in [2.24, 2.45) is 0 Å². The van der Waals surface area contributed by atoms with E-state index in [0.29, 0.717) is 41.2 Å². The lowest BCUT2D eigenvalue weighted by molar-refractivity contribution is 0.102. The number of fused-ring (bicyclic) bond motifs is 2. The van der Waals surface area contributed by atoms with Crippen LogP contribution in [0.1, 0.15) is 16.1 Å². The number of oxazole rings is 1. The molecule has 0 unspecified atom stereocenters. The van der Waals surface area contributed by atoms with Gasteiger partial charge in [-0.25, -0.2) is 9.78 Å². The van der Waals surface area contributed by atoms with Gasteiger partial charge in [0.2, 0.25) is 0 Å². The fourth-order valence-electron chi connectivity index (χ4n) is 3.80. The predicted molar refractivity (Wildman–Crippen MR) is 133 cm³/mol. The number of hydrogen-bond acceptors (Lipinski definition) is 6. The Morgan fingerprint density at radius 3 is 2.83 bits per heavy atom. The number of likely N-dealkylation sites (N-methyl/N-ethyl adjacent to an activating group) is 1. The van der Waals surface area contributed by atoms with Gasteiger partial charge in [0.15, 0.2) is 5.58 Å². The molecule has 35 heavy (non-hydrogen) atoms. The molecule has 178 valence electrons. The van der Waals surface area contributed by atoms with E-state index in [-0.39, 0.29) is 12.5 Å². The highest BCUT2D eigenvalue weighted by Crippen LogP contribution is 2.21. The van der Waals surface area contributed by atoms with E-state index in [2.05, 4.69) is 10.3 Å². The Kier molecular flexibility index (Phi) is 6.07. The quantitative estimate of drug-likeness (QED) is 0.371. The average molecular weight is 472 g/mol. The van der Waals surface area contributed by atoms with E-state index in [0.717, 1.165) is 11.3 Å². The van der Waals surface area contributed by atoms with Gasteiger partial charge in [-0.1, -0.05) is 12.1 Å². The van der Waals surface area contributed by atoms with Crippen molar-refractivity contribution in [3.63, 3.8) is 0 Å². The topological polar surface area (TPSA) is 94.0 Å². The van der Waals surface area contributed by atoms with Crippen LogP contribution in [0.5, 0.6) is 5.75 Å². The molecule has 3 heterocycles. The molecule has 0 spiro atoms. The molecule has 0 atom stereocenters. The summed E-state index contributed by atoms with van der Waals surface area (Å²) in [6.45, 7) is 1.46. The minimum atomic E-state index is -0.416. The maximum atomic E-state index is 12.9. The number of hydrogen-bond donors (Lipinski definition) is 1. The molecular weight excluding hydrogens is 446 g/mol. The summed E-state index contributed by atoms with van der Waals surface area (Å²) in [5.74, 6) is -0.133. The van der Waals surface area contributed by atoms with E-state index >= 15 is 0 Å². The highest BCUT2D eigenvalue weighted by Gasteiger charge is 2.13. The summed E-state index contributed by atoms with van der Waals surface area (Å²) in [7, 11) is 3.88. The summed E-state index contributed by atoms with van der Waals surface area (Å²) in [6.07, 6.45) is 3.84. The third-order valence-corrected chi connectivity index (χ3v) is 5.59. The molecular formula is C26H25N5O4. The Labute approximate surface area is 201 Å². The first-order valence-corrected chi connectivity index (χ1v) is 11.2. The van der Waals surface area contributed by atoms with E-state index < -0.39 is 5.76 Å². The molecule has 0 saturated carbocycles. The fraction of sp³-hybridized carbons (Fsp3) is 0.192. The monoisotopic (exact) mass is 471 g/mol. The predicted octanol–water partition coefficient (Wildman–Crippen LogP) is 3.64. The molecule has 1 N–H and O–H groups in total. The van der Waals surface area contributed by atoms with E-state index in [1.54, 1.807) is 47.0 Å². The number of anilines is 1. The Hall–Kier alpha value is -4.37. The molecule has 9 nitrogen and oxygen atoms in total. The number of aromatic nitrogens is 3. The van der Waals surface area contributed by atoms with Crippen LogP contribution in [0.15, 0.2) is 82.3 Å². The smallest absolute Gasteiger partial charge is 0.419 e. The van der Waals surface area contributed by atoms with Crippen molar-refractivity contribution in [1.29, 1.82) is 0 Å². The zero-order chi connectivity index (χ0) is 24.4. The second kappa shape index (κ2) is 9.47. The fourth-order valence-corrected chi connectivity index (χ4v) is 3.80. The van der Waals surface area contributed by atoms with Crippen molar-refractivity contribution in [3.05, 3.63) is 94.9 Å². The minimum Gasteiger partial charge on any atom is -0.487 e. The van der Waals surface area contributed by atoms with E-state index in [1.165, 1.54) is 0 Å². The summed E-state index contributed by atoms with van der Waals surface area (Å²) < 4.78 is 14.7. The number of pyridine rings is 1. The SMILES string of the molecule is CN(C)CCn1c(=O)oc2ccc(NC(=O)c3cccc(OCc4cn5ccccc5n4)c3)cc21. The Morgan fingerprint density at radius 2 is 2.00 bits per heavy atom. The molecule has 5 aromatic rings. The van der Waals surface area contributed by atoms with Crippen LogP contribution in [-0.4, -0.2) is 45.4 Å². The average Bonchev–Trinajstić information content (AvgIpc) is 3.41. The highest BCUT2D eigenvalue weighted by atomic mass is 16.5. The van der Waals surface area contributed by atoms with Crippen LogP contribution in [0.25, 0.3) is 16.7 Å². The molecule has 0 aliphatic carbocycles. The van der Waals surface area contributed by atoms with Gasteiger partial charge >= 0.3 is 5.76 Å². The molecule has 0 saturated heterocycles. The lowest BCUT2D eigenvalue weighted by Gasteiger charge is -2.10. The largest absolute Gasteiger partial charge is 0.487 e. The normalized spacial score (nSPS) is 11.4. The summed E-state index contributed by atoms with van der Waals surface area (Å²) in [5, 5.41) is 2.89. The third-order valence-electron chi connectivity index (χ3n) is 5.59. The first-order valence-electron chi connectivity index (χ1n) is 11.2. The number of carbonyl (C=O) groups is 1. The van der Waals surface area contributed by atoms with Crippen LogP contribution in [-0.2, 0) is 13.2 Å². The highest BCUT2D eigenvalue weighted by molar-refractivity contribution is 6.05. The number of imidazole rings is 1. The van der Waals surface area contributed by atoms with Crippen molar-refractivity contribution in [2.75, 3.05) is 26.0 Å². The summed E-state index contributed by atoms with van der Waals surface area (Å²) >= 11 is 0. The van der Waals surface area contributed by atoms with Crippen molar-refractivity contribution in [1.82, 2.24) is 18.9 Å². The van der Waals surface area contributed by atoms with Gasteiger partial charge in [-0.2, -0.15) is 0 Å². The standard InChI is InChI=1S/C26H25N5O4/c1-29(2)12-13-31-22-15-19(9-10-23(22)35-26(31)33)28-25(32)18-6-5-7-21(14-18)34-17-20-16-30-11-4-3-8-24(30)27-20/h3-11,14-16H,12-13,17H2,1-2H3,(H,28,32). The molecule has 0 aliphatic rings. The summed E-state index contributed by atoms with van der Waals surface area (Å²) in [5.41, 5.74) is 3.78. The second-order valence-corrected chi connectivity index (χ2v) is 8.47. The molecule has 0 radical (unpaired) electrons. The van der Waals surface area contributed by atoms with Crippen LogP contribution in [0.2, 0.25) is 0 Å². The van der Waals surface area contributed by atoms with Crippen LogP contribution < -0.4 is 15.8 Å². The van der Waals surface area contributed by atoms with Gasteiger partial charge in [0.05, 0.1) is 11.2 Å². The van der Waals surface area contributed by atoms with Crippen LogP contribution in [0.3, 0.4) is 0 Å². The molecule has 3 aromatic heterocycles. The number of nitrogens with one attached hydrogen (secondary N) is 1. The van der Waals surface area contributed by atoms with Crippen LogP contribution in [0, 0.1) is 0 Å². The number of nitrogens with zero attached hydrogens (tertiary/aromatic N) is 4. The number of carbonyl (C=O) groups excluding carboxylic acids is 1. The van der Waals surface area contributed by atoms with Crippen molar-refractivity contribution in [3.8, 4) is 5.75 Å². The first-order chi connectivity index (χ1) is 17.0. The van der Waals surface area contributed by atoms with Gasteiger partial charge in [0.1, 0.15) is 18.0 Å². The molecule has 0 bridgehead atoms. The minimum absolute atomic E-state index is 0.284. The third kappa shape index (κ3) is 4.95. The number of ether oxygens (including phenoxy) is 1. The second-order valence-electron chi connectivity index (χ2n) is 8.47. The zero-order valence-corrected chi connectivity index (χ0v) is 19.5. The van der Waals surface area contributed by atoms with E-state index in [9.17, 15) is 9.59 Å². The lowest BCUT2D eigenvalue weighted by atomic mass is 10.2. The molecule has 0 aliphatic heterocycles. The van der Waals surface area contributed by atoms with Gasteiger partial charge in [-0.15, -0.1) is 0 Å². The van der Waals surface area contributed by atoms with E-state index in [4.69, 9.17) is 9.15 Å². The number of rotatable bonds is 8. The first kappa shape index (κ1) is 22.4. The maximum absolute atomic E-state index is 12.9. The van der Waals surface area contributed by atoms with Gasteiger partial charge in [-0.05, 0) is 62.6 Å². The van der Waals surface area contributed by atoms with Gasteiger partial charge in [0.25, 0.3) is 5.91 Å².